The zero-order chi connectivity index (χ0) is 14.9. The summed E-state index contributed by atoms with van der Waals surface area (Å²) in [6.45, 7) is 6.94. The van der Waals surface area contributed by atoms with E-state index in [1.165, 1.54) is 42.9 Å². The molecule has 0 N–H and O–H groups in total. The fourth-order valence-corrected chi connectivity index (χ4v) is 2.66. The predicted molar refractivity (Wildman–Crippen MR) is 92.9 cm³/mol. The number of ether oxygens (including phenoxy) is 1. The number of benzene rings is 2. The van der Waals surface area contributed by atoms with Crippen molar-refractivity contribution in [2.75, 3.05) is 6.61 Å². The molecule has 112 valence electrons. The third-order valence-corrected chi connectivity index (χ3v) is 3.89. The van der Waals surface area contributed by atoms with Crippen LogP contribution in [0.2, 0.25) is 0 Å². The molecule has 2 aromatic carbocycles. The van der Waals surface area contributed by atoms with Crippen molar-refractivity contribution < 1.29 is 4.74 Å². The molecule has 0 aromatic heterocycles. The molecule has 0 fully saturated rings. The van der Waals surface area contributed by atoms with E-state index in [1.807, 2.05) is 6.08 Å². The molecule has 1 heteroatoms. The summed E-state index contributed by atoms with van der Waals surface area (Å²) in [5.41, 5.74) is 1.16. The zero-order valence-electron chi connectivity index (χ0n) is 13.1. The Kier molecular flexibility index (Phi) is 6.33. The molecule has 2 aromatic rings. The van der Waals surface area contributed by atoms with Crippen LogP contribution in [-0.2, 0) is 0 Å². The van der Waals surface area contributed by atoms with Gasteiger partial charge in [-0.1, -0.05) is 82.0 Å². The first-order valence-electron chi connectivity index (χ1n) is 8.13. The summed E-state index contributed by atoms with van der Waals surface area (Å²) in [5.74, 6) is 0.991. The van der Waals surface area contributed by atoms with Gasteiger partial charge in [0.05, 0.1) is 6.61 Å². The van der Waals surface area contributed by atoms with Crippen LogP contribution >= 0.6 is 0 Å². The molecule has 0 unspecified atom stereocenters. The van der Waals surface area contributed by atoms with Crippen LogP contribution in [-0.4, -0.2) is 6.61 Å². The number of rotatable bonds is 9. The molecule has 0 aliphatic heterocycles. The van der Waals surface area contributed by atoms with Crippen molar-refractivity contribution in [3.63, 3.8) is 0 Å². The Hall–Kier alpha value is -1.76. The Labute approximate surface area is 128 Å². The number of fused-ring (bicyclic) bond motifs is 1. The zero-order valence-corrected chi connectivity index (χ0v) is 13.1. The lowest BCUT2D eigenvalue weighted by atomic mass is 10.0. The lowest BCUT2D eigenvalue weighted by Crippen LogP contribution is -1.98. The lowest BCUT2D eigenvalue weighted by Gasteiger charge is -2.11. The normalized spacial score (nSPS) is 10.7. The van der Waals surface area contributed by atoms with Gasteiger partial charge in [-0.2, -0.15) is 0 Å². The van der Waals surface area contributed by atoms with Gasteiger partial charge in [-0.3, -0.25) is 0 Å². The van der Waals surface area contributed by atoms with Crippen LogP contribution in [0.15, 0.2) is 43.0 Å². The Morgan fingerprint density at radius 1 is 0.905 bits per heavy atom. The molecule has 0 saturated heterocycles. The van der Waals surface area contributed by atoms with Crippen molar-refractivity contribution in [3.05, 3.63) is 48.5 Å². The van der Waals surface area contributed by atoms with E-state index in [4.69, 9.17) is 4.74 Å². The molecular formula is C20H26O. The minimum Gasteiger partial charge on any atom is -0.493 e. The van der Waals surface area contributed by atoms with Gasteiger partial charge in [-0.15, -0.1) is 0 Å². The third-order valence-electron chi connectivity index (χ3n) is 3.89. The van der Waals surface area contributed by atoms with Gasteiger partial charge in [0.15, 0.2) is 0 Å². The van der Waals surface area contributed by atoms with Gasteiger partial charge in [0.2, 0.25) is 0 Å². The van der Waals surface area contributed by atoms with Crippen molar-refractivity contribution in [3.8, 4) is 5.75 Å². The van der Waals surface area contributed by atoms with Gasteiger partial charge < -0.3 is 4.74 Å². The average Bonchev–Trinajstić information content (AvgIpc) is 2.54. The van der Waals surface area contributed by atoms with E-state index >= 15 is 0 Å². The SMILES string of the molecule is C=Cc1ccc(OCCCCCCCC)c2ccccc12. The maximum absolute atomic E-state index is 5.99. The quantitative estimate of drug-likeness (QED) is 0.496. The van der Waals surface area contributed by atoms with Crippen LogP contribution in [0.3, 0.4) is 0 Å². The minimum absolute atomic E-state index is 0.809. The molecule has 0 amide bonds. The van der Waals surface area contributed by atoms with Crippen LogP contribution < -0.4 is 4.74 Å². The molecule has 0 aliphatic rings. The molecule has 0 bridgehead atoms. The Morgan fingerprint density at radius 2 is 1.62 bits per heavy atom. The number of hydrogen-bond donors (Lipinski definition) is 0. The molecule has 0 saturated carbocycles. The molecular weight excluding hydrogens is 256 g/mol. The van der Waals surface area contributed by atoms with Crippen molar-refractivity contribution in [2.45, 2.75) is 45.4 Å². The highest BCUT2D eigenvalue weighted by Crippen LogP contribution is 2.29. The molecule has 21 heavy (non-hydrogen) atoms. The van der Waals surface area contributed by atoms with Gasteiger partial charge in [0, 0.05) is 5.39 Å². The van der Waals surface area contributed by atoms with E-state index < -0.39 is 0 Å². The minimum atomic E-state index is 0.809. The van der Waals surface area contributed by atoms with Crippen molar-refractivity contribution in [2.24, 2.45) is 0 Å². The van der Waals surface area contributed by atoms with E-state index in [-0.39, 0.29) is 0 Å². The largest absolute Gasteiger partial charge is 0.493 e. The average molecular weight is 282 g/mol. The maximum atomic E-state index is 5.99. The molecule has 0 spiro atoms. The third kappa shape index (κ3) is 4.35. The van der Waals surface area contributed by atoms with E-state index in [0.29, 0.717) is 0 Å². The van der Waals surface area contributed by atoms with Crippen LogP contribution in [0.25, 0.3) is 16.8 Å². The summed E-state index contributed by atoms with van der Waals surface area (Å²) >= 11 is 0. The standard InChI is InChI=1S/C20H26O/c1-3-5-6-7-8-11-16-21-20-15-14-17(4-2)18-12-9-10-13-19(18)20/h4,9-10,12-15H,2-3,5-8,11,16H2,1H3. The summed E-state index contributed by atoms with van der Waals surface area (Å²) in [6.07, 6.45) is 9.65. The second-order valence-electron chi connectivity index (χ2n) is 5.52. The summed E-state index contributed by atoms with van der Waals surface area (Å²) < 4.78 is 5.99. The Morgan fingerprint density at radius 3 is 2.38 bits per heavy atom. The Bertz CT molecular complexity index is 571. The van der Waals surface area contributed by atoms with Gasteiger partial charge in [-0.25, -0.2) is 0 Å². The van der Waals surface area contributed by atoms with Crippen molar-refractivity contribution >= 4 is 16.8 Å². The summed E-state index contributed by atoms with van der Waals surface area (Å²) in [6, 6.07) is 12.5. The van der Waals surface area contributed by atoms with Crippen molar-refractivity contribution in [1.82, 2.24) is 0 Å². The highest BCUT2D eigenvalue weighted by molar-refractivity contribution is 5.94. The van der Waals surface area contributed by atoms with Crippen LogP contribution in [0.1, 0.15) is 51.0 Å². The highest BCUT2D eigenvalue weighted by Gasteiger charge is 2.04. The van der Waals surface area contributed by atoms with E-state index in [9.17, 15) is 0 Å². The lowest BCUT2D eigenvalue weighted by molar-refractivity contribution is 0.308. The summed E-state index contributed by atoms with van der Waals surface area (Å²) in [5, 5.41) is 2.40. The monoisotopic (exact) mass is 282 g/mol. The molecule has 1 nitrogen and oxygen atoms in total. The maximum Gasteiger partial charge on any atom is 0.127 e. The molecule has 0 aliphatic carbocycles. The fourth-order valence-electron chi connectivity index (χ4n) is 2.66. The van der Waals surface area contributed by atoms with Gasteiger partial charge in [-0.05, 0) is 23.4 Å². The Balaban J connectivity index is 1.92. The van der Waals surface area contributed by atoms with Crippen LogP contribution in [0.5, 0.6) is 5.75 Å². The van der Waals surface area contributed by atoms with Gasteiger partial charge in [0.1, 0.15) is 5.75 Å². The second kappa shape index (κ2) is 8.51. The van der Waals surface area contributed by atoms with E-state index in [0.717, 1.165) is 24.3 Å². The van der Waals surface area contributed by atoms with E-state index in [1.54, 1.807) is 0 Å². The fraction of sp³-hybridized carbons (Fsp3) is 0.400. The highest BCUT2D eigenvalue weighted by atomic mass is 16.5. The molecule has 0 atom stereocenters. The molecule has 0 radical (unpaired) electrons. The van der Waals surface area contributed by atoms with Gasteiger partial charge in [0.25, 0.3) is 0 Å². The molecule has 0 heterocycles. The summed E-state index contributed by atoms with van der Waals surface area (Å²) in [4.78, 5) is 0. The first kappa shape index (κ1) is 15.6. The second-order valence-corrected chi connectivity index (χ2v) is 5.52. The van der Waals surface area contributed by atoms with Crippen LogP contribution in [0, 0.1) is 0 Å². The van der Waals surface area contributed by atoms with Crippen LogP contribution in [0.4, 0.5) is 0 Å². The number of hydrogen-bond acceptors (Lipinski definition) is 1. The molecule has 2 rings (SSSR count). The van der Waals surface area contributed by atoms with E-state index in [2.05, 4.69) is 49.9 Å². The van der Waals surface area contributed by atoms with Gasteiger partial charge >= 0.3 is 0 Å². The predicted octanol–water partition coefficient (Wildman–Crippen LogP) is 6.22. The topological polar surface area (TPSA) is 9.23 Å². The first-order chi connectivity index (χ1) is 10.4. The first-order valence-corrected chi connectivity index (χ1v) is 8.13. The smallest absolute Gasteiger partial charge is 0.127 e. The van der Waals surface area contributed by atoms with Crippen molar-refractivity contribution in [1.29, 1.82) is 0 Å². The summed E-state index contributed by atoms with van der Waals surface area (Å²) in [7, 11) is 0. The number of unbranched alkanes of at least 4 members (excludes halogenated alkanes) is 5.